The highest BCUT2D eigenvalue weighted by atomic mass is 19.3. The van der Waals surface area contributed by atoms with Crippen LogP contribution in [-0.4, -0.2) is 63.5 Å². The highest BCUT2D eigenvalue weighted by Gasteiger charge is 2.64. The number of aromatic hydroxyl groups is 1. The minimum absolute atomic E-state index is 0.0376. The number of phenols is 1. The van der Waals surface area contributed by atoms with Crippen molar-refractivity contribution in [1.82, 2.24) is 15.5 Å². The zero-order valence-corrected chi connectivity index (χ0v) is 25.2. The summed E-state index contributed by atoms with van der Waals surface area (Å²) in [5.74, 6) is -8.01. The van der Waals surface area contributed by atoms with E-state index in [0.717, 1.165) is 19.9 Å². The van der Waals surface area contributed by atoms with Crippen LogP contribution < -0.4 is 10.6 Å². The molecule has 12 heteroatoms. The third-order valence-electron chi connectivity index (χ3n) is 8.31. The molecule has 4 rings (SSSR count). The Bertz CT molecular complexity index is 1610. The summed E-state index contributed by atoms with van der Waals surface area (Å²) in [6.07, 6.45) is -2.44. The number of alkyl halides is 2. The van der Waals surface area contributed by atoms with Gasteiger partial charge in [-0.05, 0) is 61.7 Å². The van der Waals surface area contributed by atoms with Crippen LogP contribution >= 0.6 is 0 Å². The molecule has 4 N–H and O–H groups in total. The number of aryl methyl sites for hydroxylation is 1. The standard InChI is InChI=1S/C33H35F4N3O5/c1-18-12-23(19(2)26(41)13-18)29(43)39-25(15-20-8-7-10-22(34)14-20)27(42)31(45)40-17-33(36,37)32(3,4)28(40)30(44)38-16-21-9-5-6-11-24(21)35/h5-14,25,27-28,41-42H,15-17H2,1-4H3,(H,38,44)(H,39,43)/t25-,27-,28+/m0/s1. The van der Waals surface area contributed by atoms with E-state index in [9.17, 15) is 33.4 Å². The van der Waals surface area contributed by atoms with Crippen LogP contribution in [0.4, 0.5) is 17.6 Å². The van der Waals surface area contributed by atoms with Gasteiger partial charge in [0.1, 0.15) is 23.4 Å². The van der Waals surface area contributed by atoms with Crippen LogP contribution in [0.2, 0.25) is 0 Å². The van der Waals surface area contributed by atoms with Crippen molar-refractivity contribution in [1.29, 1.82) is 0 Å². The number of hydrogen-bond acceptors (Lipinski definition) is 5. The van der Waals surface area contributed by atoms with E-state index in [4.69, 9.17) is 0 Å². The second-order valence-corrected chi connectivity index (χ2v) is 11.9. The number of likely N-dealkylation sites (tertiary alicyclic amines) is 1. The van der Waals surface area contributed by atoms with Crippen LogP contribution in [0.25, 0.3) is 0 Å². The molecule has 1 aliphatic rings. The SMILES string of the molecule is Cc1cc(O)c(C)c(C(=O)N[C@@H](Cc2cccc(F)c2)[C@H](O)C(=O)N2CC(F)(F)C(C)(C)[C@H]2C(=O)NCc2ccccc2F)c1. The summed E-state index contributed by atoms with van der Waals surface area (Å²) < 4.78 is 58.8. The monoisotopic (exact) mass is 629 g/mol. The molecule has 1 saturated heterocycles. The van der Waals surface area contributed by atoms with Crippen LogP contribution in [-0.2, 0) is 22.6 Å². The number of carbonyl (C=O) groups excluding carboxylic acids is 3. The van der Waals surface area contributed by atoms with Gasteiger partial charge in [-0.3, -0.25) is 14.4 Å². The maximum Gasteiger partial charge on any atom is 0.272 e. The summed E-state index contributed by atoms with van der Waals surface area (Å²) in [5, 5.41) is 26.5. The van der Waals surface area contributed by atoms with Crippen molar-refractivity contribution in [2.75, 3.05) is 6.54 Å². The van der Waals surface area contributed by atoms with Crippen molar-refractivity contribution < 1.29 is 42.2 Å². The Balaban J connectivity index is 1.65. The Labute approximate surface area is 258 Å². The molecule has 0 spiro atoms. The molecule has 3 atom stereocenters. The van der Waals surface area contributed by atoms with Gasteiger partial charge in [0, 0.05) is 23.2 Å². The van der Waals surface area contributed by atoms with Gasteiger partial charge in [0.2, 0.25) is 5.91 Å². The molecule has 0 aromatic heterocycles. The number of carbonyl (C=O) groups is 3. The number of amides is 3. The first kappa shape index (κ1) is 33.4. The summed E-state index contributed by atoms with van der Waals surface area (Å²) in [7, 11) is 0. The quantitative estimate of drug-likeness (QED) is 0.265. The molecule has 0 saturated carbocycles. The van der Waals surface area contributed by atoms with E-state index in [2.05, 4.69) is 10.6 Å². The van der Waals surface area contributed by atoms with E-state index < -0.39 is 65.4 Å². The van der Waals surface area contributed by atoms with Gasteiger partial charge in [-0.2, -0.15) is 0 Å². The van der Waals surface area contributed by atoms with Crippen LogP contribution in [0.15, 0.2) is 60.7 Å². The van der Waals surface area contributed by atoms with Crippen LogP contribution in [0.1, 0.15) is 46.5 Å². The highest BCUT2D eigenvalue weighted by molar-refractivity contribution is 5.97. The third-order valence-corrected chi connectivity index (χ3v) is 8.31. The number of hydrogen-bond donors (Lipinski definition) is 4. The number of nitrogens with zero attached hydrogens (tertiary/aromatic N) is 1. The number of aliphatic hydroxyl groups is 1. The molecule has 1 heterocycles. The van der Waals surface area contributed by atoms with Gasteiger partial charge >= 0.3 is 0 Å². The smallest absolute Gasteiger partial charge is 0.272 e. The lowest BCUT2D eigenvalue weighted by Crippen LogP contribution is -2.57. The molecule has 0 unspecified atom stereocenters. The maximum atomic E-state index is 15.3. The fraction of sp³-hybridized carbons (Fsp3) is 0.364. The predicted molar refractivity (Wildman–Crippen MR) is 157 cm³/mol. The Kier molecular flexibility index (Phi) is 9.57. The number of halogens is 4. The zero-order valence-electron chi connectivity index (χ0n) is 25.2. The second kappa shape index (κ2) is 12.9. The summed E-state index contributed by atoms with van der Waals surface area (Å²) >= 11 is 0. The Morgan fingerprint density at radius 2 is 1.71 bits per heavy atom. The topological polar surface area (TPSA) is 119 Å². The molecule has 0 radical (unpaired) electrons. The first-order valence-corrected chi connectivity index (χ1v) is 14.3. The summed E-state index contributed by atoms with van der Waals surface area (Å²) in [6, 6.07) is 10.5. The number of nitrogens with one attached hydrogen (secondary N) is 2. The molecule has 3 aromatic carbocycles. The minimum Gasteiger partial charge on any atom is -0.508 e. The molecule has 3 aromatic rings. The lowest BCUT2D eigenvalue weighted by molar-refractivity contribution is -0.148. The molecule has 240 valence electrons. The Morgan fingerprint density at radius 1 is 1.02 bits per heavy atom. The van der Waals surface area contributed by atoms with Gasteiger partial charge in [-0.15, -0.1) is 0 Å². The summed E-state index contributed by atoms with van der Waals surface area (Å²) in [6.45, 7) is 3.81. The van der Waals surface area contributed by atoms with Gasteiger partial charge < -0.3 is 25.7 Å². The molecule has 1 aliphatic heterocycles. The summed E-state index contributed by atoms with van der Waals surface area (Å²) in [5.41, 5.74) is -0.915. The van der Waals surface area contributed by atoms with Crippen molar-refractivity contribution in [2.45, 2.75) is 64.8 Å². The van der Waals surface area contributed by atoms with Crippen LogP contribution in [0.5, 0.6) is 5.75 Å². The number of phenolic OH excluding ortho intramolecular Hbond substituents is 1. The van der Waals surface area contributed by atoms with Crippen molar-refractivity contribution in [3.05, 3.63) is 100 Å². The molecular weight excluding hydrogens is 594 g/mol. The lowest BCUT2D eigenvalue weighted by Gasteiger charge is -2.34. The van der Waals surface area contributed by atoms with Gasteiger partial charge in [-0.25, -0.2) is 17.6 Å². The van der Waals surface area contributed by atoms with Crippen molar-refractivity contribution in [2.24, 2.45) is 5.41 Å². The molecule has 0 bridgehead atoms. The van der Waals surface area contributed by atoms with E-state index >= 15 is 8.78 Å². The van der Waals surface area contributed by atoms with Crippen LogP contribution in [0, 0.1) is 30.9 Å². The van der Waals surface area contributed by atoms with E-state index in [1.165, 1.54) is 61.5 Å². The largest absolute Gasteiger partial charge is 0.508 e. The van der Waals surface area contributed by atoms with Gasteiger partial charge in [-0.1, -0.05) is 44.2 Å². The lowest BCUT2D eigenvalue weighted by atomic mass is 9.81. The van der Waals surface area contributed by atoms with Crippen molar-refractivity contribution in [3.63, 3.8) is 0 Å². The molecule has 8 nitrogen and oxygen atoms in total. The fourth-order valence-electron chi connectivity index (χ4n) is 5.52. The van der Waals surface area contributed by atoms with E-state index in [1.807, 2.05) is 0 Å². The average molecular weight is 630 g/mol. The molecule has 45 heavy (non-hydrogen) atoms. The Hall–Kier alpha value is -4.45. The predicted octanol–water partition coefficient (Wildman–Crippen LogP) is 4.18. The third kappa shape index (κ3) is 6.95. The molecule has 1 fully saturated rings. The normalized spacial score (nSPS) is 18.2. The minimum atomic E-state index is -3.57. The van der Waals surface area contributed by atoms with E-state index in [1.54, 1.807) is 6.92 Å². The average Bonchev–Trinajstić information content (AvgIpc) is 3.16. The van der Waals surface area contributed by atoms with Gasteiger partial charge in [0.25, 0.3) is 17.7 Å². The maximum absolute atomic E-state index is 15.3. The van der Waals surface area contributed by atoms with Gasteiger partial charge in [0.15, 0.2) is 6.10 Å². The molecule has 3 amide bonds. The molecular formula is C33H35F4N3O5. The molecule has 0 aliphatic carbocycles. The van der Waals surface area contributed by atoms with Crippen molar-refractivity contribution >= 4 is 17.7 Å². The first-order valence-electron chi connectivity index (χ1n) is 14.3. The van der Waals surface area contributed by atoms with Crippen LogP contribution in [0.3, 0.4) is 0 Å². The number of aliphatic hydroxyl groups excluding tert-OH is 1. The van der Waals surface area contributed by atoms with E-state index in [0.29, 0.717) is 10.5 Å². The number of rotatable bonds is 9. The highest BCUT2D eigenvalue weighted by Crippen LogP contribution is 2.48. The Morgan fingerprint density at radius 3 is 2.38 bits per heavy atom. The van der Waals surface area contributed by atoms with E-state index in [-0.39, 0.29) is 41.0 Å². The second-order valence-electron chi connectivity index (χ2n) is 11.9. The zero-order chi connectivity index (χ0) is 33.3. The fourth-order valence-corrected chi connectivity index (χ4v) is 5.52. The van der Waals surface area contributed by atoms with Crippen molar-refractivity contribution in [3.8, 4) is 5.75 Å². The summed E-state index contributed by atoms with van der Waals surface area (Å²) in [4.78, 5) is 41.1. The first-order chi connectivity index (χ1) is 21.0. The number of benzene rings is 3. The van der Waals surface area contributed by atoms with Gasteiger partial charge in [0.05, 0.1) is 18.0 Å².